The van der Waals surface area contributed by atoms with Crippen molar-refractivity contribution in [1.82, 2.24) is 0 Å². The van der Waals surface area contributed by atoms with Crippen LogP contribution in [0.15, 0.2) is 23.8 Å². The van der Waals surface area contributed by atoms with Gasteiger partial charge in [0.25, 0.3) is 0 Å². The average molecular weight is 435 g/mol. The molecule has 4 aliphatic carbocycles. The first-order valence-electron chi connectivity index (χ1n) is 10.1. The largest absolute Gasteiger partial charge is 2.00 e. The Balaban J connectivity index is 0.00000160. The van der Waals surface area contributed by atoms with E-state index in [1.165, 1.54) is 12.2 Å². The van der Waals surface area contributed by atoms with Crippen LogP contribution in [0.1, 0.15) is 49.3 Å². The van der Waals surface area contributed by atoms with Gasteiger partial charge in [0.1, 0.15) is 12.2 Å². The molecule has 0 spiro atoms. The third kappa shape index (κ3) is 2.66. The summed E-state index contributed by atoms with van der Waals surface area (Å²) in [6.07, 6.45) is 4.44. The Morgan fingerprint density at radius 2 is 2.00 bits per heavy atom. The van der Waals surface area contributed by atoms with Gasteiger partial charge in [-0.15, -0.1) is 0 Å². The zero-order chi connectivity index (χ0) is 20.7. The number of rotatable bonds is 2. The van der Waals surface area contributed by atoms with Gasteiger partial charge in [0, 0.05) is 16.7 Å². The number of allylic oxidation sites excluding steroid dienone is 4. The number of Topliss-reactive ketones (excluding diaryl/α,β-unsaturated/α-hetero) is 1. The molecule has 7 heteroatoms. The molecule has 0 aromatic carbocycles. The molecular formula is C22H31CaFO5. The minimum absolute atomic E-state index is 0. The van der Waals surface area contributed by atoms with Crippen molar-refractivity contribution in [2.45, 2.75) is 63.8 Å². The van der Waals surface area contributed by atoms with Crippen molar-refractivity contribution in [3.8, 4) is 0 Å². The third-order valence-corrected chi connectivity index (χ3v) is 8.79. The molecule has 158 valence electrons. The Kier molecular flexibility index (Phi) is 5.85. The van der Waals surface area contributed by atoms with Gasteiger partial charge >= 0.3 is 37.7 Å². The third-order valence-electron chi connectivity index (χ3n) is 8.79. The molecule has 0 aromatic heterocycles. The van der Waals surface area contributed by atoms with Crippen molar-refractivity contribution < 1.29 is 32.2 Å². The second-order valence-electron chi connectivity index (χ2n) is 9.75. The first-order chi connectivity index (χ1) is 13.0. The molecule has 5 nitrogen and oxygen atoms in total. The predicted molar refractivity (Wildman–Crippen MR) is 108 cm³/mol. The number of halogens is 1. The van der Waals surface area contributed by atoms with E-state index >= 15 is 4.39 Å². The summed E-state index contributed by atoms with van der Waals surface area (Å²) in [5.41, 5.74) is -5.17. The normalized spacial score (nSPS) is 50.7. The molecule has 0 radical (unpaired) electrons. The van der Waals surface area contributed by atoms with E-state index in [0.29, 0.717) is 24.8 Å². The van der Waals surface area contributed by atoms with Crippen LogP contribution in [0.2, 0.25) is 0 Å². The molecule has 0 unspecified atom stereocenters. The van der Waals surface area contributed by atoms with Crippen LogP contribution in [0.5, 0.6) is 0 Å². The summed E-state index contributed by atoms with van der Waals surface area (Å²) in [6.45, 7) is 4.48. The van der Waals surface area contributed by atoms with Crippen LogP contribution in [0.25, 0.3) is 0 Å². The van der Waals surface area contributed by atoms with E-state index in [1.54, 1.807) is 26.8 Å². The monoisotopic (exact) mass is 434 g/mol. The van der Waals surface area contributed by atoms with E-state index in [1.807, 2.05) is 0 Å². The Bertz CT molecular complexity index is 822. The Morgan fingerprint density at radius 3 is 2.62 bits per heavy atom. The van der Waals surface area contributed by atoms with E-state index in [2.05, 4.69) is 0 Å². The first-order valence-corrected chi connectivity index (χ1v) is 10.1. The zero-order valence-electron chi connectivity index (χ0n) is 19.3. The van der Waals surface area contributed by atoms with Crippen LogP contribution in [0.3, 0.4) is 0 Å². The van der Waals surface area contributed by atoms with Gasteiger partial charge in [-0.05, 0) is 56.6 Å². The summed E-state index contributed by atoms with van der Waals surface area (Å²) >= 11 is 0. The summed E-state index contributed by atoms with van der Waals surface area (Å²) in [5.74, 6) is -2.12. The minimum Gasteiger partial charge on any atom is -1.00 e. The predicted octanol–water partition coefficient (Wildman–Crippen LogP) is 1.74. The first kappa shape index (κ1) is 23.6. The topological polar surface area (TPSA) is 94.8 Å². The van der Waals surface area contributed by atoms with Gasteiger partial charge in [0.15, 0.2) is 17.2 Å². The Morgan fingerprint density at radius 1 is 1.34 bits per heavy atom. The maximum atomic E-state index is 16.9. The van der Waals surface area contributed by atoms with Crippen molar-refractivity contribution in [2.24, 2.45) is 28.6 Å². The number of hydrogen-bond acceptors (Lipinski definition) is 5. The van der Waals surface area contributed by atoms with E-state index < -0.39 is 52.4 Å². The fourth-order valence-corrected chi connectivity index (χ4v) is 7.26. The van der Waals surface area contributed by atoms with Gasteiger partial charge in [-0.25, -0.2) is 4.39 Å². The Hall–Kier alpha value is -0.110. The van der Waals surface area contributed by atoms with E-state index in [-0.39, 0.29) is 58.7 Å². The van der Waals surface area contributed by atoms with Gasteiger partial charge < -0.3 is 18.2 Å². The van der Waals surface area contributed by atoms with Crippen molar-refractivity contribution >= 4 is 49.3 Å². The quantitative estimate of drug-likeness (QED) is 0.576. The van der Waals surface area contributed by atoms with Crippen molar-refractivity contribution in [2.75, 3.05) is 6.61 Å². The fourth-order valence-electron chi connectivity index (χ4n) is 7.26. The number of fused-ring (bicyclic) bond motifs is 5. The summed E-state index contributed by atoms with van der Waals surface area (Å²) in [4.78, 5) is 24.4. The van der Waals surface area contributed by atoms with Crippen LogP contribution in [-0.4, -0.2) is 88.6 Å². The summed E-state index contributed by atoms with van der Waals surface area (Å²) in [6, 6.07) is 0. The molecule has 4 aliphatic rings. The molecule has 3 saturated carbocycles. The number of carbonyl (C=O) groups is 2. The Labute approximate surface area is 203 Å². The molecule has 0 saturated heterocycles. The van der Waals surface area contributed by atoms with Gasteiger partial charge in [-0.2, -0.15) is 0 Å². The van der Waals surface area contributed by atoms with Gasteiger partial charge in [0.05, 0.1) is 6.10 Å². The summed E-state index contributed by atoms with van der Waals surface area (Å²) in [7, 11) is 0. The second-order valence-corrected chi connectivity index (χ2v) is 9.75. The number of hydrogen-bond donors (Lipinski definition) is 3. The number of aliphatic hydroxyl groups is 3. The maximum Gasteiger partial charge on any atom is 2.00 e. The van der Waals surface area contributed by atoms with Gasteiger partial charge in [-0.3, -0.25) is 9.59 Å². The van der Waals surface area contributed by atoms with E-state index in [0.717, 1.165) is 0 Å². The van der Waals surface area contributed by atoms with E-state index in [9.17, 15) is 24.9 Å². The number of alkyl halides is 1. The molecule has 3 N–H and O–H groups in total. The fraction of sp³-hybridized carbons (Fsp3) is 0.727. The molecule has 0 heterocycles. The van der Waals surface area contributed by atoms with Crippen LogP contribution in [0.4, 0.5) is 4.39 Å². The second kappa shape index (κ2) is 7.21. The van der Waals surface area contributed by atoms with Crippen LogP contribution < -0.4 is 0 Å². The average Bonchev–Trinajstić information content (AvgIpc) is 2.84. The minimum atomic E-state index is -1.98. The molecule has 0 bridgehead atoms. The molecule has 29 heavy (non-hydrogen) atoms. The molecule has 0 aromatic rings. The van der Waals surface area contributed by atoms with Gasteiger partial charge in [-0.1, -0.05) is 25.5 Å². The summed E-state index contributed by atoms with van der Waals surface area (Å²) in [5, 5.41) is 32.0. The zero-order valence-corrected chi connectivity index (χ0v) is 19.5. The molecular weight excluding hydrogens is 403 g/mol. The molecule has 0 amide bonds. The molecule has 8 atom stereocenters. The number of ketones is 2. The van der Waals surface area contributed by atoms with Gasteiger partial charge in [0.2, 0.25) is 0 Å². The molecule has 4 rings (SSSR count). The number of aliphatic hydroxyl groups excluding tert-OH is 2. The maximum absolute atomic E-state index is 16.9. The summed E-state index contributed by atoms with van der Waals surface area (Å²) < 4.78 is 16.9. The number of carbonyl (C=O) groups excluding carboxylic acids is 2. The SMILES string of the molecule is C[C@@H]1C[C@H]2[C@@H]3CCC4=CC(=O)C=C[C@]4(C)[C@@]3(F)[C@@H](O)C[C@]2(C)[C@@]1(O)C(=O)CO.[Ca+2].[H-].[H-]. The van der Waals surface area contributed by atoms with Crippen LogP contribution >= 0.6 is 0 Å². The standard InChI is InChI=1S/C22H29FO5.Ca.2H/c1-12-8-16-15-5-4-13-9-14(25)6-7-19(13,2)21(15,23)17(26)10-20(16,3)22(12,28)18(27)11-24;;;/h6-7,9,12,15-17,24,26,28H,4-5,8,10-11H2,1-3H3;;;/q;+2;2*-1/t12-,15+,16+,17+,19+,20+,21+,22+;;;/m1.../s1. The van der Waals surface area contributed by atoms with Crippen LogP contribution in [0, 0.1) is 28.6 Å². The molecule has 3 fully saturated rings. The smallest absolute Gasteiger partial charge is 1.00 e. The van der Waals surface area contributed by atoms with Crippen molar-refractivity contribution in [3.63, 3.8) is 0 Å². The van der Waals surface area contributed by atoms with Crippen molar-refractivity contribution in [1.29, 1.82) is 0 Å². The van der Waals surface area contributed by atoms with E-state index in [4.69, 9.17) is 0 Å². The van der Waals surface area contributed by atoms with Crippen molar-refractivity contribution in [3.05, 3.63) is 23.8 Å². The van der Waals surface area contributed by atoms with Crippen LogP contribution in [-0.2, 0) is 9.59 Å². The molecule has 0 aliphatic heterocycles.